The first kappa shape index (κ1) is 13.1. The number of rotatable bonds is 3. The highest BCUT2D eigenvalue weighted by Gasteiger charge is 2.44. The minimum Gasteiger partial charge on any atom is -0.380 e. The fraction of sp³-hybridized carbons (Fsp3) is 0.250. The number of β-amino-alcohol motifs (C(OH)–C–C–N with tert-alkyl or cyclic N) is 1. The molecular formula is C12H11BrN4O3. The van der Waals surface area contributed by atoms with E-state index >= 15 is 0 Å². The van der Waals surface area contributed by atoms with Gasteiger partial charge in [-0.1, -0.05) is 0 Å². The van der Waals surface area contributed by atoms with Crippen LogP contribution >= 0.6 is 15.9 Å². The molecule has 2 heterocycles. The van der Waals surface area contributed by atoms with Crippen molar-refractivity contribution < 1.29 is 10.0 Å². The minimum atomic E-state index is -0.947. The number of non-ortho nitro benzene ring substituents is 1. The molecule has 1 aliphatic rings. The Morgan fingerprint density at radius 1 is 1.45 bits per heavy atom. The van der Waals surface area contributed by atoms with E-state index in [0.29, 0.717) is 23.3 Å². The Balaban J connectivity index is 1.79. The van der Waals surface area contributed by atoms with Crippen molar-refractivity contribution in [2.75, 3.05) is 18.0 Å². The molecule has 20 heavy (non-hydrogen) atoms. The maximum Gasteiger partial charge on any atom is 0.270 e. The lowest BCUT2D eigenvalue weighted by Gasteiger charge is -2.47. The van der Waals surface area contributed by atoms with Crippen LogP contribution in [0.1, 0.15) is 5.69 Å². The molecule has 1 aliphatic heterocycles. The molecule has 1 aromatic heterocycles. The summed E-state index contributed by atoms with van der Waals surface area (Å²) in [6.07, 6.45) is 1.59. The second-order valence-electron chi connectivity index (χ2n) is 4.75. The number of H-pyrrole nitrogens is 1. The van der Waals surface area contributed by atoms with Crippen LogP contribution < -0.4 is 4.90 Å². The molecule has 0 bridgehead atoms. The summed E-state index contributed by atoms with van der Waals surface area (Å²) in [6, 6.07) is 6.33. The maximum absolute atomic E-state index is 10.7. The van der Waals surface area contributed by atoms with Gasteiger partial charge in [0.1, 0.15) is 5.60 Å². The number of hydrogen-bond donors (Lipinski definition) is 2. The molecular weight excluding hydrogens is 328 g/mol. The Hall–Kier alpha value is -1.93. The second-order valence-corrected chi connectivity index (χ2v) is 5.61. The number of aromatic amines is 1. The van der Waals surface area contributed by atoms with Gasteiger partial charge in [0.2, 0.25) is 0 Å². The second kappa shape index (κ2) is 4.57. The third-order valence-corrected chi connectivity index (χ3v) is 4.02. The molecule has 0 spiro atoms. The van der Waals surface area contributed by atoms with E-state index in [9.17, 15) is 15.2 Å². The van der Waals surface area contributed by atoms with Crippen molar-refractivity contribution in [2.45, 2.75) is 5.60 Å². The lowest BCUT2D eigenvalue weighted by atomic mass is 9.90. The van der Waals surface area contributed by atoms with E-state index in [2.05, 4.69) is 26.1 Å². The van der Waals surface area contributed by atoms with Gasteiger partial charge < -0.3 is 10.0 Å². The first-order valence-corrected chi connectivity index (χ1v) is 6.70. The van der Waals surface area contributed by atoms with Crippen LogP contribution in [0.15, 0.2) is 34.9 Å². The summed E-state index contributed by atoms with van der Waals surface area (Å²) >= 11 is 3.33. The van der Waals surface area contributed by atoms with Gasteiger partial charge in [-0.25, -0.2) is 0 Å². The summed E-state index contributed by atoms with van der Waals surface area (Å²) in [5.74, 6) is 0. The fourth-order valence-electron chi connectivity index (χ4n) is 2.31. The summed E-state index contributed by atoms with van der Waals surface area (Å²) in [5.41, 5.74) is 0.578. The molecule has 0 radical (unpaired) electrons. The van der Waals surface area contributed by atoms with Crippen LogP contribution in [0.4, 0.5) is 11.4 Å². The topological polar surface area (TPSA) is 95.3 Å². The number of nitro benzene ring substituents is 1. The lowest BCUT2D eigenvalue weighted by molar-refractivity contribution is -0.384. The molecule has 1 fully saturated rings. The van der Waals surface area contributed by atoms with Crippen molar-refractivity contribution in [1.29, 1.82) is 0 Å². The third-order valence-electron chi connectivity index (χ3n) is 3.39. The molecule has 3 rings (SSSR count). The fourth-order valence-corrected chi connectivity index (χ4v) is 2.92. The van der Waals surface area contributed by atoms with Crippen LogP contribution in [0.25, 0.3) is 0 Å². The quantitative estimate of drug-likeness (QED) is 0.657. The highest BCUT2D eigenvalue weighted by molar-refractivity contribution is 9.10. The first-order valence-electron chi connectivity index (χ1n) is 5.91. The van der Waals surface area contributed by atoms with Gasteiger partial charge in [0, 0.05) is 22.8 Å². The number of nitro groups is 1. The molecule has 0 unspecified atom stereocenters. The van der Waals surface area contributed by atoms with Crippen molar-refractivity contribution in [3.63, 3.8) is 0 Å². The zero-order valence-corrected chi connectivity index (χ0v) is 11.9. The molecule has 104 valence electrons. The molecule has 0 saturated carbocycles. The Bertz CT molecular complexity index is 653. The van der Waals surface area contributed by atoms with Crippen LogP contribution in [0.5, 0.6) is 0 Å². The molecule has 1 aromatic carbocycles. The highest BCUT2D eigenvalue weighted by atomic mass is 79.9. The van der Waals surface area contributed by atoms with Crippen LogP contribution in [0.2, 0.25) is 0 Å². The van der Waals surface area contributed by atoms with Gasteiger partial charge in [-0.3, -0.25) is 15.2 Å². The van der Waals surface area contributed by atoms with Crippen molar-refractivity contribution in [3.05, 3.63) is 50.7 Å². The summed E-state index contributed by atoms with van der Waals surface area (Å²) in [6.45, 7) is 0.817. The maximum atomic E-state index is 10.7. The number of halogens is 1. The smallest absolute Gasteiger partial charge is 0.270 e. The van der Waals surface area contributed by atoms with Crippen molar-refractivity contribution in [1.82, 2.24) is 10.2 Å². The van der Waals surface area contributed by atoms with Crippen molar-refractivity contribution in [3.8, 4) is 0 Å². The summed E-state index contributed by atoms with van der Waals surface area (Å²) in [4.78, 5) is 12.2. The predicted octanol–water partition coefficient (Wildman–Crippen LogP) is 1.79. The Morgan fingerprint density at radius 3 is 2.75 bits per heavy atom. The van der Waals surface area contributed by atoms with Gasteiger partial charge in [-0.05, 0) is 28.1 Å². The van der Waals surface area contributed by atoms with E-state index in [4.69, 9.17) is 0 Å². The van der Waals surface area contributed by atoms with Crippen LogP contribution in [-0.2, 0) is 5.60 Å². The molecule has 7 nitrogen and oxygen atoms in total. The van der Waals surface area contributed by atoms with E-state index in [1.807, 2.05) is 4.90 Å². The zero-order valence-electron chi connectivity index (χ0n) is 10.3. The van der Waals surface area contributed by atoms with Gasteiger partial charge in [-0.2, -0.15) is 5.10 Å². The largest absolute Gasteiger partial charge is 0.380 e. The normalized spacial score (nSPS) is 16.8. The minimum absolute atomic E-state index is 0.0324. The van der Waals surface area contributed by atoms with Gasteiger partial charge >= 0.3 is 0 Å². The molecule has 2 N–H and O–H groups in total. The number of aromatic nitrogens is 2. The number of hydrogen-bond acceptors (Lipinski definition) is 5. The molecule has 0 amide bonds. The number of benzene rings is 1. The van der Waals surface area contributed by atoms with E-state index in [1.54, 1.807) is 18.3 Å². The van der Waals surface area contributed by atoms with Gasteiger partial charge in [0.25, 0.3) is 5.69 Å². The van der Waals surface area contributed by atoms with Crippen LogP contribution in [0.3, 0.4) is 0 Å². The zero-order chi connectivity index (χ0) is 14.3. The molecule has 0 aliphatic carbocycles. The van der Waals surface area contributed by atoms with E-state index < -0.39 is 10.5 Å². The van der Waals surface area contributed by atoms with E-state index in [1.165, 1.54) is 12.1 Å². The lowest BCUT2D eigenvalue weighted by Crippen LogP contribution is -2.60. The van der Waals surface area contributed by atoms with E-state index in [-0.39, 0.29) is 5.69 Å². The predicted molar refractivity (Wildman–Crippen MR) is 75.5 cm³/mol. The van der Waals surface area contributed by atoms with Crippen molar-refractivity contribution in [2.24, 2.45) is 0 Å². The highest BCUT2D eigenvalue weighted by Crippen LogP contribution is 2.38. The van der Waals surface area contributed by atoms with Crippen LogP contribution in [-0.4, -0.2) is 33.3 Å². The molecule has 1 saturated heterocycles. The summed E-state index contributed by atoms with van der Waals surface area (Å²) < 4.78 is 0.637. The average Bonchev–Trinajstić information content (AvgIpc) is 2.89. The molecule has 0 atom stereocenters. The average molecular weight is 339 g/mol. The summed E-state index contributed by atoms with van der Waals surface area (Å²) in [5, 5.41) is 27.7. The van der Waals surface area contributed by atoms with E-state index in [0.717, 1.165) is 5.69 Å². The number of nitrogens with zero attached hydrogens (tertiary/aromatic N) is 3. The van der Waals surface area contributed by atoms with Gasteiger partial charge in [-0.15, -0.1) is 0 Å². The SMILES string of the molecule is O=[N+]([O-])c1ccc(N2CC(O)(c3ccn[nH]3)C2)c(Br)c1. The standard InChI is InChI=1S/C12H11BrN4O3/c13-9-5-8(17(19)20)1-2-10(9)16-6-12(18,7-16)11-3-4-14-15-11/h1-5,18H,6-7H2,(H,14,15). The molecule has 8 heteroatoms. The summed E-state index contributed by atoms with van der Waals surface area (Å²) in [7, 11) is 0. The van der Waals surface area contributed by atoms with Gasteiger partial charge in [0.05, 0.1) is 29.4 Å². The molecule has 2 aromatic rings. The first-order chi connectivity index (χ1) is 9.49. The van der Waals surface area contributed by atoms with Crippen molar-refractivity contribution >= 4 is 27.3 Å². The Labute approximate surface area is 122 Å². The number of aliphatic hydroxyl groups is 1. The third kappa shape index (κ3) is 2.06. The Kier molecular flexibility index (Phi) is 2.98. The monoisotopic (exact) mass is 338 g/mol. The number of nitrogens with one attached hydrogen (secondary N) is 1. The van der Waals surface area contributed by atoms with Crippen LogP contribution in [0, 0.1) is 10.1 Å². The number of anilines is 1. The Morgan fingerprint density at radius 2 is 2.20 bits per heavy atom. The van der Waals surface area contributed by atoms with Gasteiger partial charge in [0.15, 0.2) is 0 Å².